The zero-order valence-electron chi connectivity index (χ0n) is 11.7. The Hall–Kier alpha value is -0.780. The first-order valence-electron chi connectivity index (χ1n) is 6.79. The first-order valence-corrected chi connectivity index (χ1v) is 11.3. The quantitative estimate of drug-likeness (QED) is 0.434. The van der Waals surface area contributed by atoms with Crippen LogP contribution in [0.3, 0.4) is 0 Å². The van der Waals surface area contributed by atoms with Crippen molar-refractivity contribution in [2.24, 2.45) is 0 Å². The smallest absolute Gasteiger partial charge is 0.170 e. The zero-order valence-corrected chi connectivity index (χ0v) is 15.0. The van der Waals surface area contributed by atoms with Crippen molar-refractivity contribution >= 4 is 52.3 Å². The molecular formula is C15H15N2OPS3. The third-order valence-corrected chi connectivity index (χ3v) is 9.03. The molecule has 3 nitrogen and oxygen atoms in total. The van der Waals surface area contributed by atoms with Gasteiger partial charge in [-0.2, -0.15) is 0 Å². The fraction of sp³-hybridized carbons (Fsp3) is 0.133. The molecule has 114 valence electrons. The molecule has 0 fully saturated rings. The molecular weight excluding hydrogens is 351 g/mol. The number of thiocarbonyl (C=S) groups is 1. The molecule has 3 rings (SSSR count). The minimum Gasteiger partial charge on any atom is -0.360 e. The van der Waals surface area contributed by atoms with E-state index in [9.17, 15) is 0 Å². The summed E-state index contributed by atoms with van der Waals surface area (Å²) in [6.07, 6.45) is 0. The second-order valence-corrected chi connectivity index (χ2v) is 10.6. The molecule has 0 unspecified atom stereocenters. The minimum absolute atomic E-state index is 0.521. The molecule has 0 aromatic heterocycles. The number of hydrogen-bond donors (Lipinski definition) is 2. The van der Waals surface area contributed by atoms with Crippen LogP contribution in [-0.4, -0.2) is 18.3 Å². The number of fused-ring (bicyclic) bond motifs is 1. The van der Waals surface area contributed by atoms with Crippen LogP contribution in [0.15, 0.2) is 64.4 Å². The van der Waals surface area contributed by atoms with Gasteiger partial charge in [-0.25, -0.2) is 0 Å². The van der Waals surface area contributed by atoms with Crippen molar-refractivity contribution in [3.8, 4) is 0 Å². The van der Waals surface area contributed by atoms with E-state index in [1.54, 1.807) is 0 Å². The Balaban J connectivity index is 1.34. The zero-order chi connectivity index (χ0) is 15.2. The molecule has 2 aromatic carbocycles. The molecule has 0 saturated carbocycles. The molecule has 0 amide bonds. The van der Waals surface area contributed by atoms with Crippen LogP contribution in [0.5, 0.6) is 0 Å². The highest BCUT2D eigenvalue weighted by atomic mass is 33.1. The van der Waals surface area contributed by atoms with E-state index >= 15 is 0 Å². The second kappa shape index (κ2) is 8.18. The predicted molar refractivity (Wildman–Crippen MR) is 102 cm³/mol. The lowest BCUT2D eigenvalue weighted by atomic mass is 10.3. The average Bonchev–Trinajstić information content (AvgIpc) is 2.95. The lowest BCUT2D eigenvalue weighted by Gasteiger charge is -2.12. The largest absolute Gasteiger partial charge is 0.360 e. The molecule has 0 saturated heterocycles. The van der Waals surface area contributed by atoms with Gasteiger partial charge in [-0.15, -0.1) is 0 Å². The van der Waals surface area contributed by atoms with Gasteiger partial charge in [-0.3, -0.25) is 0 Å². The third kappa shape index (κ3) is 4.61. The van der Waals surface area contributed by atoms with Crippen LogP contribution < -0.4 is 10.6 Å². The first-order chi connectivity index (χ1) is 10.8. The molecule has 1 heterocycles. The number of benzene rings is 2. The summed E-state index contributed by atoms with van der Waals surface area (Å²) in [7, 11) is 0. The van der Waals surface area contributed by atoms with Gasteiger partial charge in [0.05, 0.1) is 6.61 Å². The van der Waals surface area contributed by atoms with E-state index in [-0.39, 0.29) is 0 Å². The molecule has 2 N–H and O–H groups in total. The van der Waals surface area contributed by atoms with Crippen molar-refractivity contribution < 1.29 is 4.52 Å². The normalized spacial score (nSPS) is 13.6. The van der Waals surface area contributed by atoms with E-state index in [4.69, 9.17) is 16.7 Å². The highest BCUT2D eigenvalue weighted by Gasteiger charge is 2.23. The molecule has 0 spiro atoms. The maximum absolute atomic E-state index is 5.93. The summed E-state index contributed by atoms with van der Waals surface area (Å²) in [4.78, 5) is 2.65. The monoisotopic (exact) mass is 366 g/mol. The lowest BCUT2D eigenvalue weighted by Crippen LogP contribution is -2.30. The van der Waals surface area contributed by atoms with Crippen molar-refractivity contribution in [2.45, 2.75) is 9.79 Å². The summed E-state index contributed by atoms with van der Waals surface area (Å²) in [5.41, 5.74) is 0.989. The van der Waals surface area contributed by atoms with Crippen molar-refractivity contribution in [3.63, 3.8) is 0 Å². The molecule has 0 atom stereocenters. The highest BCUT2D eigenvalue weighted by Crippen LogP contribution is 2.73. The number of para-hydroxylation sites is 1. The summed E-state index contributed by atoms with van der Waals surface area (Å²) in [6, 6.07) is 18.3. The Morgan fingerprint density at radius 2 is 1.64 bits per heavy atom. The number of hydrogen-bond acceptors (Lipinski definition) is 4. The van der Waals surface area contributed by atoms with E-state index in [1.807, 2.05) is 53.1 Å². The summed E-state index contributed by atoms with van der Waals surface area (Å²) in [6.45, 7) is 0.831. The van der Waals surface area contributed by atoms with Crippen LogP contribution in [0, 0.1) is 0 Å². The summed E-state index contributed by atoms with van der Waals surface area (Å²) in [5, 5.41) is 6.93. The first kappa shape index (κ1) is 16.1. The molecule has 22 heavy (non-hydrogen) atoms. The van der Waals surface area contributed by atoms with Gasteiger partial charge in [0.15, 0.2) is 11.7 Å². The number of nitrogens with one attached hydrogen (secondary N) is 2. The van der Waals surface area contributed by atoms with Gasteiger partial charge in [0, 0.05) is 22.0 Å². The molecule has 0 radical (unpaired) electrons. The van der Waals surface area contributed by atoms with Crippen LogP contribution >= 0.6 is 41.5 Å². The van der Waals surface area contributed by atoms with Gasteiger partial charge >= 0.3 is 0 Å². The Morgan fingerprint density at radius 3 is 2.32 bits per heavy atom. The van der Waals surface area contributed by atoms with Crippen LogP contribution in [0.2, 0.25) is 0 Å². The van der Waals surface area contributed by atoms with Crippen LogP contribution in [0.4, 0.5) is 5.69 Å². The predicted octanol–water partition coefficient (Wildman–Crippen LogP) is 5.11. The van der Waals surface area contributed by atoms with E-state index < -0.39 is 6.55 Å². The topological polar surface area (TPSA) is 33.3 Å². The maximum atomic E-state index is 5.93. The van der Waals surface area contributed by atoms with Gasteiger partial charge in [-0.05, 0) is 36.5 Å². The van der Waals surface area contributed by atoms with Gasteiger partial charge in [0.25, 0.3) is 0 Å². The van der Waals surface area contributed by atoms with E-state index in [0.29, 0.717) is 18.3 Å². The van der Waals surface area contributed by atoms with Crippen LogP contribution in [0.1, 0.15) is 0 Å². The Labute approximate surface area is 144 Å². The number of rotatable bonds is 5. The number of anilines is 1. The van der Waals surface area contributed by atoms with Gasteiger partial charge in [-0.1, -0.05) is 53.1 Å². The lowest BCUT2D eigenvalue weighted by molar-refractivity contribution is 0.372. The molecule has 1 aliphatic heterocycles. The third-order valence-electron chi connectivity index (χ3n) is 2.81. The Morgan fingerprint density at radius 1 is 1.00 bits per heavy atom. The molecule has 0 bridgehead atoms. The van der Waals surface area contributed by atoms with Gasteiger partial charge < -0.3 is 15.2 Å². The highest BCUT2D eigenvalue weighted by molar-refractivity contribution is 8.88. The van der Waals surface area contributed by atoms with Crippen molar-refractivity contribution in [1.82, 2.24) is 5.32 Å². The van der Waals surface area contributed by atoms with Crippen LogP contribution in [0.25, 0.3) is 0 Å². The van der Waals surface area contributed by atoms with E-state index in [0.717, 1.165) is 5.69 Å². The minimum atomic E-state index is -0.521. The van der Waals surface area contributed by atoms with E-state index in [2.05, 4.69) is 34.9 Å². The fourth-order valence-electron chi connectivity index (χ4n) is 1.81. The molecule has 1 aliphatic rings. The Bertz CT molecular complexity index is 617. The summed E-state index contributed by atoms with van der Waals surface area (Å²) in [5.74, 6) is 0. The maximum Gasteiger partial charge on any atom is 0.170 e. The molecule has 7 heteroatoms. The molecule has 0 aliphatic carbocycles. The Kier molecular flexibility index (Phi) is 5.98. The van der Waals surface area contributed by atoms with E-state index in [1.165, 1.54) is 9.79 Å². The summed E-state index contributed by atoms with van der Waals surface area (Å²) < 4.78 is 5.93. The van der Waals surface area contributed by atoms with Gasteiger partial charge in [0.1, 0.15) is 0 Å². The summed E-state index contributed by atoms with van der Waals surface area (Å²) >= 11 is 8.91. The average molecular weight is 366 g/mol. The van der Waals surface area contributed by atoms with Crippen molar-refractivity contribution in [2.75, 3.05) is 18.5 Å². The SMILES string of the molecule is S=C(NCCOP1Sc2ccccc2S1)Nc1ccccc1. The van der Waals surface area contributed by atoms with Crippen molar-refractivity contribution in [1.29, 1.82) is 0 Å². The standard InChI is InChI=1S/C15H15N2OPS3/c20-15(17-12-6-2-1-3-7-12)16-10-11-18-19-21-13-8-4-5-9-14(13)22-19/h1-9H,10-11H2,(H2,16,17,20). The van der Waals surface area contributed by atoms with Crippen LogP contribution in [-0.2, 0) is 4.52 Å². The second-order valence-electron chi connectivity index (χ2n) is 4.43. The fourth-order valence-corrected chi connectivity index (χ4v) is 8.53. The molecule has 2 aromatic rings. The van der Waals surface area contributed by atoms with Crippen molar-refractivity contribution in [3.05, 3.63) is 54.6 Å². The van der Waals surface area contributed by atoms with Gasteiger partial charge in [0.2, 0.25) is 0 Å².